The number of aryl methyl sites for hydroxylation is 1. The van der Waals surface area contributed by atoms with Crippen molar-refractivity contribution in [1.82, 2.24) is 15.5 Å². The molecule has 1 saturated carbocycles. The summed E-state index contributed by atoms with van der Waals surface area (Å²) >= 11 is 3.37. The Bertz CT molecular complexity index is 436. The van der Waals surface area contributed by atoms with E-state index in [-0.39, 0.29) is 5.54 Å². The molecule has 1 aliphatic carbocycles. The summed E-state index contributed by atoms with van der Waals surface area (Å²) in [6, 6.07) is 2.98. The van der Waals surface area contributed by atoms with Crippen LogP contribution in [-0.4, -0.2) is 27.5 Å². The minimum absolute atomic E-state index is 0.362. The van der Waals surface area contributed by atoms with E-state index in [0.717, 1.165) is 27.9 Å². The Labute approximate surface area is 116 Å². The second-order valence-corrected chi connectivity index (χ2v) is 7.43. The first-order valence-corrected chi connectivity index (χ1v) is 8.03. The third-order valence-electron chi connectivity index (χ3n) is 2.90. The maximum atomic E-state index is 9.24. The molecule has 0 spiro atoms. The minimum atomic E-state index is -0.362. The Morgan fingerprint density at radius 2 is 2.33 bits per heavy atom. The lowest BCUT2D eigenvalue weighted by Gasteiger charge is -2.22. The lowest BCUT2D eigenvalue weighted by atomic mass is 9.98. The molecule has 6 heteroatoms. The average molecular weight is 282 g/mol. The van der Waals surface area contributed by atoms with E-state index >= 15 is 0 Å². The average Bonchev–Trinajstić information content (AvgIpc) is 3.06. The molecule has 1 heterocycles. The second-order valence-electron chi connectivity index (χ2n) is 4.90. The van der Waals surface area contributed by atoms with Gasteiger partial charge in [-0.05, 0) is 39.5 Å². The summed E-state index contributed by atoms with van der Waals surface area (Å²) in [6.45, 7) is 3.97. The molecular formula is C12H18N4S2. The third-order valence-corrected chi connectivity index (χ3v) is 4.96. The molecule has 1 N–H and O–H groups in total. The molecule has 98 valence electrons. The molecule has 1 aliphatic rings. The predicted octanol–water partition coefficient (Wildman–Crippen LogP) is 2.75. The van der Waals surface area contributed by atoms with Gasteiger partial charge >= 0.3 is 0 Å². The van der Waals surface area contributed by atoms with Gasteiger partial charge in [0.1, 0.15) is 10.5 Å². The van der Waals surface area contributed by atoms with Gasteiger partial charge in [-0.25, -0.2) is 0 Å². The van der Waals surface area contributed by atoms with Crippen LogP contribution in [0.15, 0.2) is 4.34 Å². The van der Waals surface area contributed by atoms with E-state index in [1.807, 2.05) is 13.8 Å². The highest BCUT2D eigenvalue weighted by Gasteiger charge is 2.31. The highest BCUT2D eigenvalue weighted by Crippen LogP contribution is 2.27. The Morgan fingerprint density at radius 1 is 1.56 bits per heavy atom. The molecule has 1 aromatic rings. The lowest BCUT2D eigenvalue weighted by molar-refractivity contribution is 0.412. The van der Waals surface area contributed by atoms with Gasteiger partial charge in [0, 0.05) is 11.8 Å². The van der Waals surface area contributed by atoms with Crippen LogP contribution in [0.2, 0.25) is 0 Å². The molecule has 0 amide bonds. The molecule has 4 nitrogen and oxygen atoms in total. The first kappa shape index (κ1) is 13.8. The molecule has 0 saturated heterocycles. The Hall–Kier alpha value is -0.640. The smallest absolute Gasteiger partial charge is 0.174 e. The van der Waals surface area contributed by atoms with Gasteiger partial charge in [0.15, 0.2) is 4.34 Å². The van der Waals surface area contributed by atoms with Crippen LogP contribution in [0.5, 0.6) is 0 Å². The van der Waals surface area contributed by atoms with Crippen molar-refractivity contribution >= 4 is 23.1 Å². The standard InChI is InChI=1S/C12H18N4S2/c1-9-15-16-11(18-9)17-7-3-6-12(2,8-13)14-10-4-5-10/h10,14H,3-7H2,1-2H3. The number of hydrogen-bond acceptors (Lipinski definition) is 6. The summed E-state index contributed by atoms with van der Waals surface area (Å²) in [4.78, 5) is 0. The Kier molecular flexibility index (Phi) is 4.60. The van der Waals surface area contributed by atoms with Crippen LogP contribution in [0.1, 0.15) is 37.6 Å². The van der Waals surface area contributed by atoms with E-state index in [0.29, 0.717) is 6.04 Å². The van der Waals surface area contributed by atoms with Crippen molar-refractivity contribution in [2.24, 2.45) is 0 Å². The van der Waals surface area contributed by atoms with E-state index < -0.39 is 0 Å². The lowest BCUT2D eigenvalue weighted by Crippen LogP contribution is -2.42. The van der Waals surface area contributed by atoms with Crippen molar-refractivity contribution in [2.45, 2.75) is 55.5 Å². The Morgan fingerprint density at radius 3 is 2.89 bits per heavy atom. The van der Waals surface area contributed by atoms with Gasteiger partial charge in [0.25, 0.3) is 0 Å². The van der Waals surface area contributed by atoms with Crippen molar-refractivity contribution < 1.29 is 0 Å². The number of rotatable bonds is 7. The van der Waals surface area contributed by atoms with Crippen LogP contribution in [0.25, 0.3) is 0 Å². The predicted molar refractivity (Wildman–Crippen MR) is 74.8 cm³/mol. The molecular weight excluding hydrogens is 264 g/mol. The topological polar surface area (TPSA) is 61.6 Å². The number of aromatic nitrogens is 2. The molecule has 1 unspecified atom stereocenters. The van der Waals surface area contributed by atoms with Crippen LogP contribution in [0, 0.1) is 18.3 Å². The Balaban J connectivity index is 1.68. The van der Waals surface area contributed by atoms with Gasteiger partial charge in [-0.15, -0.1) is 10.2 Å². The van der Waals surface area contributed by atoms with E-state index in [1.54, 1.807) is 23.1 Å². The van der Waals surface area contributed by atoms with Crippen LogP contribution >= 0.6 is 23.1 Å². The number of nitriles is 1. The highest BCUT2D eigenvalue weighted by atomic mass is 32.2. The van der Waals surface area contributed by atoms with Gasteiger partial charge in [-0.1, -0.05) is 23.1 Å². The highest BCUT2D eigenvalue weighted by molar-refractivity contribution is 8.01. The summed E-state index contributed by atoms with van der Waals surface area (Å²) in [5.74, 6) is 0.998. The maximum Gasteiger partial charge on any atom is 0.174 e. The van der Waals surface area contributed by atoms with Crippen LogP contribution in [0.4, 0.5) is 0 Å². The number of nitrogens with one attached hydrogen (secondary N) is 1. The van der Waals surface area contributed by atoms with E-state index in [4.69, 9.17) is 0 Å². The van der Waals surface area contributed by atoms with Gasteiger partial charge < -0.3 is 0 Å². The minimum Gasteiger partial charge on any atom is -0.297 e. The van der Waals surface area contributed by atoms with Crippen molar-refractivity contribution in [3.8, 4) is 6.07 Å². The largest absolute Gasteiger partial charge is 0.297 e. The zero-order valence-corrected chi connectivity index (χ0v) is 12.4. The quantitative estimate of drug-likeness (QED) is 0.615. The maximum absolute atomic E-state index is 9.24. The molecule has 2 rings (SSSR count). The van der Waals surface area contributed by atoms with Crippen molar-refractivity contribution in [3.63, 3.8) is 0 Å². The molecule has 1 atom stereocenters. The first-order chi connectivity index (χ1) is 8.61. The monoisotopic (exact) mass is 282 g/mol. The SMILES string of the molecule is Cc1nnc(SCCCC(C)(C#N)NC2CC2)s1. The molecule has 0 aliphatic heterocycles. The number of hydrogen-bond donors (Lipinski definition) is 1. The molecule has 1 aromatic heterocycles. The van der Waals surface area contributed by atoms with Crippen molar-refractivity contribution in [1.29, 1.82) is 5.26 Å². The zero-order valence-electron chi connectivity index (χ0n) is 10.8. The third kappa shape index (κ3) is 4.23. The molecule has 18 heavy (non-hydrogen) atoms. The summed E-state index contributed by atoms with van der Waals surface area (Å²) in [7, 11) is 0. The summed E-state index contributed by atoms with van der Waals surface area (Å²) in [6.07, 6.45) is 4.35. The number of thioether (sulfide) groups is 1. The molecule has 0 bridgehead atoms. The van der Waals surface area contributed by atoms with E-state index in [1.165, 1.54) is 12.8 Å². The van der Waals surface area contributed by atoms with Crippen LogP contribution < -0.4 is 5.32 Å². The second kappa shape index (κ2) is 6.00. The summed E-state index contributed by atoms with van der Waals surface area (Å²) < 4.78 is 1.03. The van der Waals surface area contributed by atoms with Crippen molar-refractivity contribution in [2.75, 3.05) is 5.75 Å². The molecule has 1 fully saturated rings. The van der Waals surface area contributed by atoms with Gasteiger partial charge in [0.2, 0.25) is 0 Å². The fourth-order valence-corrected chi connectivity index (χ4v) is 3.59. The van der Waals surface area contributed by atoms with E-state index in [2.05, 4.69) is 21.6 Å². The fraction of sp³-hybridized carbons (Fsp3) is 0.750. The fourth-order valence-electron chi connectivity index (χ4n) is 1.76. The molecule has 0 radical (unpaired) electrons. The molecule has 0 aromatic carbocycles. The van der Waals surface area contributed by atoms with E-state index in [9.17, 15) is 5.26 Å². The van der Waals surface area contributed by atoms with Gasteiger partial charge in [0.05, 0.1) is 6.07 Å². The normalized spacial score (nSPS) is 18.3. The van der Waals surface area contributed by atoms with Crippen LogP contribution in [-0.2, 0) is 0 Å². The van der Waals surface area contributed by atoms with Gasteiger partial charge in [-0.2, -0.15) is 5.26 Å². The first-order valence-electron chi connectivity index (χ1n) is 6.23. The van der Waals surface area contributed by atoms with Crippen molar-refractivity contribution in [3.05, 3.63) is 5.01 Å². The zero-order chi connectivity index (χ0) is 13.0. The van der Waals surface area contributed by atoms with Gasteiger partial charge in [-0.3, -0.25) is 5.32 Å². The van der Waals surface area contributed by atoms with Crippen LogP contribution in [0.3, 0.4) is 0 Å². The summed E-state index contributed by atoms with van der Waals surface area (Å²) in [5.41, 5.74) is -0.362. The summed E-state index contributed by atoms with van der Waals surface area (Å²) in [5, 5.41) is 21.7. The number of nitrogens with zero attached hydrogens (tertiary/aromatic N) is 3.